The molecule has 4 heteroatoms. The minimum absolute atomic E-state index is 0.0944. The average molecular weight is 167 g/mol. The quantitative estimate of drug-likeness (QED) is 0.678. The first-order valence-corrected chi connectivity index (χ1v) is 3.38. The van der Waals surface area contributed by atoms with E-state index >= 15 is 0 Å². The molecule has 0 bridgehead atoms. The Labute approximate surface area is 69.6 Å². The molecule has 4 nitrogen and oxygen atoms in total. The number of hydrogen-bond donors (Lipinski definition) is 2. The lowest BCUT2D eigenvalue weighted by Gasteiger charge is -2.02. The summed E-state index contributed by atoms with van der Waals surface area (Å²) in [4.78, 5) is 10.3. The van der Waals surface area contributed by atoms with Gasteiger partial charge in [-0.1, -0.05) is 6.07 Å². The maximum absolute atomic E-state index is 10.3. The van der Waals surface area contributed by atoms with Gasteiger partial charge in [0.15, 0.2) is 6.61 Å². The van der Waals surface area contributed by atoms with Crippen molar-refractivity contribution >= 4 is 5.91 Å². The second-order valence-electron chi connectivity index (χ2n) is 2.25. The minimum Gasteiger partial charge on any atom is -0.508 e. The fourth-order valence-corrected chi connectivity index (χ4v) is 0.728. The third kappa shape index (κ3) is 2.49. The molecule has 0 heterocycles. The van der Waals surface area contributed by atoms with Crippen molar-refractivity contribution in [3.63, 3.8) is 0 Å². The summed E-state index contributed by atoms with van der Waals surface area (Å²) >= 11 is 0. The van der Waals surface area contributed by atoms with Crippen molar-refractivity contribution in [1.29, 1.82) is 0 Å². The van der Waals surface area contributed by atoms with Gasteiger partial charge >= 0.3 is 0 Å². The van der Waals surface area contributed by atoms with Crippen LogP contribution in [0.1, 0.15) is 0 Å². The van der Waals surface area contributed by atoms with Crippen LogP contribution in [0.25, 0.3) is 0 Å². The van der Waals surface area contributed by atoms with Crippen molar-refractivity contribution in [1.82, 2.24) is 0 Å². The molecule has 0 unspecified atom stereocenters. The Morgan fingerprint density at radius 1 is 1.58 bits per heavy atom. The lowest BCUT2D eigenvalue weighted by Crippen LogP contribution is -2.19. The van der Waals surface area contributed by atoms with Crippen LogP contribution < -0.4 is 10.5 Å². The molecule has 3 N–H and O–H groups in total. The molecule has 0 spiro atoms. The van der Waals surface area contributed by atoms with E-state index in [1.807, 2.05) is 0 Å². The van der Waals surface area contributed by atoms with Gasteiger partial charge < -0.3 is 15.6 Å². The fourth-order valence-electron chi connectivity index (χ4n) is 0.728. The average Bonchev–Trinajstić information content (AvgIpc) is 2.01. The lowest BCUT2D eigenvalue weighted by molar-refractivity contribution is -0.119. The van der Waals surface area contributed by atoms with Crippen molar-refractivity contribution in [3.05, 3.63) is 24.3 Å². The van der Waals surface area contributed by atoms with Gasteiger partial charge in [0.05, 0.1) is 0 Å². The molecular weight excluding hydrogens is 158 g/mol. The zero-order valence-electron chi connectivity index (χ0n) is 6.36. The number of aromatic hydroxyl groups is 1. The number of benzene rings is 1. The maximum atomic E-state index is 10.3. The van der Waals surface area contributed by atoms with Crippen LogP contribution in [0.2, 0.25) is 0 Å². The van der Waals surface area contributed by atoms with Crippen LogP contribution in [0.4, 0.5) is 0 Å². The van der Waals surface area contributed by atoms with Gasteiger partial charge in [-0.25, -0.2) is 0 Å². The van der Waals surface area contributed by atoms with Crippen molar-refractivity contribution in [2.75, 3.05) is 6.61 Å². The highest BCUT2D eigenvalue weighted by atomic mass is 16.5. The number of phenolic OH excluding ortho intramolecular Hbond substituents is 1. The van der Waals surface area contributed by atoms with E-state index in [2.05, 4.69) is 0 Å². The Morgan fingerprint density at radius 2 is 2.33 bits per heavy atom. The fraction of sp³-hybridized carbons (Fsp3) is 0.125. The molecule has 0 aliphatic heterocycles. The van der Waals surface area contributed by atoms with Gasteiger partial charge in [-0.3, -0.25) is 4.79 Å². The van der Waals surface area contributed by atoms with Crippen LogP contribution in [0.3, 0.4) is 0 Å². The number of rotatable bonds is 3. The van der Waals surface area contributed by atoms with E-state index in [0.29, 0.717) is 5.75 Å². The Morgan fingerprint density at radius 3 is 2.92 bits per heavy atom. The largest absolute Gasteiger partial charge is 0.508 e. The number of carbonyl (C=O) groups excluding carboxylic acids is 1. The summed E-state index contributed by atoms with van der Waals surface area (Å²) in [6.45, 7) is -0.177. The summed E-state index contributed by atoms with van der Waals surface area (Å²) in [5, 5.41) is 8.98. The molecule has 0 atom stereocenters. The second kappa shape index (κ2) is 3.61. The third-order valence-corrected chi connectivity index (χ3v) is 1.20. The number of carbonyl (C=O) groups is 1. The molecular formula is C8H9NO3. The van der Waals surface area contributed by atoms with Gasteiger partial charge in [0.1, 0.15) is 11.5 Å². The Balaban J connectivity index is 2.57. The maximum Gasteiger partial charge on any atom is 0.255 e. The molecule has 0 fully saturated rings. The molecule has 64 valence electrons. The van der Waals surface area contributed by atoms with E-state index in [1.54, 1.807) is 12.1 Å². The van der Waals surface area contributed by atoms with Gasteiger partial charge in [-0.05, 0) is 12.1 Å². The van der Waals surface area contributed by atoms with Crippen LogP contribution in [0, 0.1) is 0 Å². The highest BCUT2D eigenvalue weighted by molar-refractivity contribution is 5.75. The number of nitrogens with two attached hydrogens (primary N) is 1. The number of phenols is 1. The highest BCUT2D eigenvalue weighted by Gasteiger charge is 1.97. The molecule has 0 aliphatic rings. The number of hydrogen-bond acceptors (Lipinski definition) is 3. The van der Waals surface area contributed by atoms with E-state index < -0.39 is 5.91 Å². The van der Waals surface area contributed by atoms with Crippen molar-refractivity contribution in [2.45, 2.75) is 0 Å². The zero-order valence-corrected chi connectivity index (χ0v) is 6.36. The van der Waals surface area contributed by atoms with E-state index in [9.17, 15) is 4.79 Å². The summed E-state index contributed by atoms with van der Waals surface area (Å²) < 4.78 is 4.91. The van der Waals surface area contributed by atoms with E-state index in [0.717, 1.165) is 0 Å². The van der Waals surface area contributed by atoms with Gasteiger partial charge in [0.25, 0.3) is 5.91 Å². The van der Waals surface area contributed by atoms with Crippen LogP contribution in [-0.2, 0) is 4.79 Å². The number of ether oxygens (including phenoxy) is 1. The molecule has 1 rings (SSSR count). The normalized spacial score (nSPS) is 9.33. The molecule has 1 aromatic rings. The van der Waals surface area contributed by atoms with E-state index in [-0.39, 0.29) is 12.4 Å². The van der Waals surface area contributed by atoms with Crippen LogP contribution in [0.5, 0.6) is 11.5 Å². The van der Waals surface area contributed by atoms with Crippen molar-refractivity contribution in [2.24, 2.45) is 5.73 Å². The van der Waals surface area contributed by atoms with E-state index in [1.165, 1.54) is 12.1 Å². The van der Waals surface area contributed by atoms with Crippen molar-refractivity contribution < 1.29 is 14.6 Å². The summed E-state index contributed by atoms with van der Waals surface area (Å²) in [7, 11) is 0. The number of amides is 1. The summed E-state index contributed by atoms with van der Waals surface area (Å²) in [5.74, 6) is -0.0240. The van der Waals surface area contributed by atoms with Gasteiger partial charge in [-0.2, -0.15) is 0 Å². The molecule has 1 amide bonds. The highest BCUT2D eigenvalue weighted by Crippen LogP contribution is 2.17. The van der Waals surface area contributed by atoms with Gasteiger partial charge in [-0.15, -0.1) is 0 Å². The van der Waals surface area contributed by atoms with Gasteiger partial charge in [0, 0.05) is 6.07 Å². The summed E-state index contributed by atoms with van der Waals surface area (Å²) in [6, 6.07) is 6.16. The standard InChI is InChI=1S/C8H9NO3/c9-8(11)5-12-7-3-1-2-6(10)4-7/h1-4,10H,5H2,(H2,9,11). The van der Waals surface area contributed by atoms with Crippen molar-refractivity contribution in [3.8, 4) is 11.5 Å². The molecule has 0 radical (unpaired) electrons. The molecule has 0 aliphatic carbocycles. The monoisotopic (exact) mass is 167 g/mol. The minimum atomic E-state index is -0.543. The van der Waals surface area contributed by atoms with Crippen LogP contribution in [-0.4, -0.2) is 17.6 Å². The summed E-state index contributed by atoms with van der Waals surface area (Å²) in [5.41, 5.74) is 4.85. The zero-order chi connectivity index (χ0) is 8.97. The smallest absolute Gasteiger partial charge is 0.255 e. The van der Waals surface area contributed by atoms with Crippen LogP contribution in [0.15, 0.2) is 24.3 Å². The molecule has 12 heavy (non-hydrogen) atoms. The summed E-state index contributed by atoms with van der Waals surface area (Å²) in [6.07, 6.45) is 0. The van der Waals surface area contributed by atoms with Crippen LogP contribution >= 0.6 is 0 Å². The predicted molar refractivity (Wildman–Crippen MR) is 42.8 cm³/mol. The SMILES string of the molecule is NC(=O)COc1cccc(O)c1. The molecule has 0 aromatic heterocycles. The first kappa shape index (κ1) is 8.39. The second-order valence-corrected chi connectivity index (χ2v) is 2.25. The predicted octanol–water partition coefficient (Wildman–Crippen LogP) is 0.256. The molecule has 0 saturated heterocycles. The first-order valence-electron chi connectivity index (χ1n) is 3.38. The number of primary amides is 1. The topological polar surface area (TPSA) is 72.6 Å². The molecule has 1 aromatic carbocycles. The van der Waals surface area contributed by atoms with Gasteiger partial charge in [0.2, 0.25) is 0 Å². The third-order valence-electron chi connectivity index (χ3n) is 1.20. The molecule has 0 saturated carbocycles. The Kier molecular flexibility index (Phi) is 2.53. The first-order chi connectivity index (χ1) is 5.68. The lowest BCUT2D eigenvalue weighted by atomic mass is 10.3. The Hall–Kier alpha value is -1.71. The Bertz CT molecular complexity index is 285. The van der Waals surface area contributed by atoms with E-state index in [4.69, 9.17) is 15.6 Å².